The van der Waals surface area contributed by atoms with E-state index in [1.165, 1.54) is 6.07 Å². The van der Waals surface area contributed by atoms with Gasteiger partial charge in [0.1, 0.15) is 47.6 Å². The molecule has 268 valence electrons. The predicted molar refractivity (Wildman–Crippen MR) is 181 cm³/mol. The molecule has 0 aliphatic carbocycles. The first kappa shape index (κ1) is 33.9. The summed E-state index contributed by atoms with van der Waals surface area (Å²) in [6.07, 6.45) is -1.79. The molecule has 17 heteroatoms. The average Bonchev–Trinajstić information content (AvgIpc) is 3.70. The minimum absolute atomic E-state index is 0.0101. The lowest BCUT2D eigenvalue weighted by molar-refractivity contribution is -0.134. The Kier molecular flexibility index (Phi) is 8.50. The van der Waals surface area contributed by atoms with E-state index in [0.717, 1.165) is 35.3 Å². The molecule has 2 aromatic carbocycles. The summed E-state index contributed by atoms with van der Waals surface area (Å²) in [6, 6.07) is 3.50. The van der Waals surface area contributed by atoms with E-state index in [0.29, 0.717) is 19.4 Å². The number of nitrogens with zero attached hydrogens (tertiary/aromatic N) is 6. The molecule has 4 aliphatic heterocycles. The van der Waals surface area contributed by atoms with E-state index in [4.69, 9.17) is 31.8 Å². The van der Waals surface area contributed by atoms with Crippen molar-refractivity contribution in [2.45, 2.75) is 56.3 Å². The van der Waals surface area contributed by atoms with Crippen LogP contribution >= 0.6 is 22.9 Å². The number of thiophene rings is 1. The summed E-state index contributed by atoms with van der Waals surface area (Å²) < 4.78 is 86.0. The molecule has 3 atom stereocenters. The third kappa shape index (κ3) is 5.55. The van der Waals surface area contributed by atoms with E-state index in [1.54, 1.807) is 4.90 Å². The number of benzene rings is 2. The van der Waals surface area contributed by atoms with Gasteiger partial charge in [0.25, 0.3) is 6.43 Å². The number of hydrogen-bond acceptors (Lipinski definition) is 10. The molecule has 51 heavy (non-hydrogen) atoms. The Morgan fingerprint density at radius 2 is 2.02 bits per heavy atom. The van der Waals surface area contributed by atoms with Crippen LogP contribution in [0, 0.1) is 23.0 Å². The van der Waals surface area contributed by atoms with Crippen molar-refractivity contribution in [3.8, 4) is 29.0 Å². The van der Waals surface area contributed by atoms with Crippen LogP contribution in [-0.4, -0.2) is 95.8 Å². The van der Waals surface area contributed by atoms with Gasteiger partial charge < -0.3 is 25.0 Å². The Balaban J connectivity index is 1.31. The highest BCUT2D eigenvalue weighted by Crippen LogP contribution is 2.51. The number of alkyl halides is 3. The molecule has 3 saturated heterocycles. The topological polar surface area (TPSA) is 121 Å². The number of carbonyl (C=O) groups is 1. The fourth-order valence-corrected chi connectivity index (χ4v) is 9.47. The first-order valence-corrected chi connectivity index (χ1v) is 17.8. The molecule has 1 unspecified atom stereocenters. The van der Waals surface area contributed by atoms with Gasteiger partial charge in [-0.15, -0.1) is 11.3 Å². The number of rotatable bonds is 6. The lowest BCUT2D eigenvalue weighted by Gasteiger charge is -2.36. The molecule has 0 saturated carbocycles. The average molecular weight is 748 g/mol. The van der Waals surface area contributed by atoms with Crippen molar-refractivity contribution in [2.24, 2.45) is 0 Å². The van der Waals surface area contributed by atoms with Crippen molar-refractivity contribution in [3.05, 3.63) is 34.4 Å². The molecule has 2 N–H and O–H groups in total. The van der Waals surface area contributed by atoms with E-state index in [1.807, 2.05) is 6.07 Å². The summed E-state index contributed by atoms with van der Waals surface area (Å²) in [5, 5.41) is 9.95. The Labute approximate surface area is 297 Å². The minimum atomic E-state index is -2.71. The van der Waals surface area contributed by atoms with Gasteiger partial charge >= 0.3 is 6.01 Å². The molecule has 1 amide bonds. The van der Waals surface area contributed by atoms with Crippen molar-refractivity contribution >= 4 is 60.7 Å². The van der Waals surface area contributed by atoms with Crippen LogP contribution in [0.2, 0.25) is 5.02 Å². The second-order valence-electron chi connectivity index (χ2n) is 13.4. The summed E-state index contributed by atoms with van der Waals surface area (Å²) in [6.45, 7) is 0.524. The quantitative estimate of drug-likeness (QED) is 0.227. The molecule has 10 nitrogen and oxygen atoms in total. The fraction of sp³-hybridized carbons (Fsp3) is 0.471. The smallest absolute Gasteiger partial charge is 0.319 e. The highest BCUT2D eigenvalue weighted by molar-refractivity contribution is 7.23. The summed E-state index contributed by atoms with van der Waals surface area (Å²) in [7, 11) is 0. The van der Waals surface area contributed by atoms with Crippen LogP contribution in [0.5, 0.6) is 11.8 Å². The van der Waals surface area contributed by atoms with E-state index in [2.05, 4.69) is 9.88 Å². The summed E-state index contributed by atoms with van der Waals surface area (Å²) in [5.41, 5.74) is 5.08. The van der Waals surface area contributed by atoms with Crippen LogP contribution in [0.4, 0.5) is 32.8 Å². The molecular formula is C34H31ClF5N7O3S. The van der Waals surface area contributed by atoms with Gasteiger partial charge in [-0.05, 0) is 37.4 Å². The van der Waals surface area contributed by atoms with E-state index in [9.17, 15) is 23.2 Å². The maximum Gasteiger partial charge on any atom is 0.319 e. The Morgan fingerprint density at radius 3 is 2.80 bits per heavy atom. The number of aromatic nitrogens is 2. The highest BCUT2D eigenvalue weighted by atomic mass is 35.5. The number of amides is 1. The van der Waals surface area contributed by atoms with Gasteiger partial charge in [0.2, 0.25) is 5.91 Å². The van der Waals surface area contributed by atoms with Crippen molar-refractivity contribution in [1.29, 1.82) is 5.26 Å². The predicted octanol–water partition coefficient (Wildman–Crippen LogP) is 6.31. The maximum atomic E-state index is 17.2. The third-order valence-electron chi connectivity index (χ3n) is 10.5. The molecular weight excluding hydrogens is 717 g/mol. The molecule has 0 spiro atoms. The van der Waals surface area contributed by atoms with Gasteiger partial charge in [-0.25, -0.2) is 22.0 Å². The van der Waals surface area contributed by atoms with Crippen molar-refractivity contribution in [2.75, 3.05) is 56.6 Å². The van der Waals surface area contributed by atoms with Crippen molar-refractivity contribution in [3.63, 3.8) is 0 Å². The highest BCUT2D eigenvalue weighted by Gasteiger charge is 2.49. The first-order chi connectivity index (χ1) is 24.5. The number of hydrogen-bond donors (Lipinski definition) is 1. The molecule has 6 heterocycles. The van der Waals surface area contributed by atoms with Crippen LogP contribution in [0.1, 0.15) is 37.7 Å². The second-order valence-corrected chi connectivity index (χ2v) is 14.9. The molecule has 0 bridgehead atoms. The number of halogens is 6. The van der Waals surface area contributed by atoms with Gasteiger partial charge in [-0.2, -0.15) is 15.2 Å². The Bertz CT molecular complexity index is 2130. The summed E-state index contributed by atoms with van der Waals surface area (Å²) in [5.74, 6) is -1.92. The van der Waals surface area contributed by atoms with Crippen LogP contribution in [0.15, 0.2) is 12.1 Å². The molecule has 2 aromatic heterocycles. The number of ether oxygens (including phenoxy) is 2. The second kappa shape index (κ2) is 12.8. The molecule has 0 radical (unpaired) electrons. The largest absolute Gasteiger partial charge is 0.489 e. The number of nitrogens with two attached hydrogens (primary N) is 1. The summed E-state index contributed by atoms with van der Waals surface area (Å²) >= 11 is 7.85. The number of carbonyl (C=O) groups excluding carboxylic acids is 1. The van der Waals surface area contributed by atoms with Crippen LogP contribution in [0.3, 0.4) is 0 Å². The van der Waals surface area contributed by atoms with E-state index < -0.39 is 48.3 Å². The zero-order valence-corrected chi connectivity index (χ0v) is 28.6. The number of nitrogen functional groups attached to an aromatic ring is 1. The van der Waals surface area contributed by atoms with Crippen molar-refractivity contribution < 1.29 is 36.2 Å². The molecule has 3 fully saturated rings. The molecule has 8 rings (SSSR count). The molecule has 4 aromatic rings. The fourth-order valence-electron chi connectivity index (χ4n) is 8.18. The van der Waals surface area contributed by atoms with Crippen LogP contribution < -0.4 is 20.1 Å². The van der Waals surface area contributed by atoms with Gasteiger partial charge in [0.05, 0.1) is 45.2 Å². The van der Waals surface area contributed by atoms with Gasteiger partial charge in [0.15, 0.2) is 11.6 Å². The number of anilines is 2. The van der Waals surface area contributed by atoms with E-state index >= 15 is 8.78 Å². The van der Waals surface area contributed by atoms with Gasteiger partial charge in [-0.1, -0.05) is 17.7 Å². The van der Waals surface area contributed by atoms with Gasteiger partial charge in [0, 0.05) is 37.0 Å². The minimum Gasteiger partial charge on any atom is -0.489 e. The third-order valence-corrected chi connectivity index (χ3v) is 11.8. The Hall–Kier alpha value is -4.20. The van der Waals surface area contributed by atoms with Crippen LogP contribution in [-0.2, 0) is 4.79 Å². The normalized spacial score (nSPS) is 23.6. The first-order valence-electron chi connectivity index (χ1n) is 16.6. The lowest BCUT2D eigenvalue weighted by Crippen LogP contribution is -2.49. The SMILES string of the molecule is N#Cc1c(N)sc2c(F)ccc(-c3c(Cl)c4c5c(nc(OC[C@@]67CCCN6C[C@H](F)C7)nc5c3F)N3CCCN(CC(F)F)C(=O)CC3CO4)c12. The standard InChI is InChI=1S/C34H31ClF5N7O3S/c35-26-24(18-3-4-20(37)30-23(18)19(11-41)31(42)51-30)27(40)28-25-29(26)49-14-17-9-22(48)45(13-21(38)39)6-2-8-47(17)32(25)44-33(43-28)50-15-34-5-1-7-46(34)12-16(36)10-34/h3-4,16-17,21H,1-2,5-10,12-15,42H2/t16-,17?,34+/m1/s1. The summed E-state index contributed by atoms with van der Waals surface area (Å²) in [4.78, 5) is 27.5. The monoisotopic (exact) mass is 747 g/mol. The molecule has 4 aliphatic rings. The van der Waals surface area contributed by atoms with E-state index in [-0.39, 0.29) is 104 Å². The van der Waals surface area contributed by atoms with Gasteiger partial charge in [-0.3, -0.25) is 9.69 Å². The zero-order valence-electron chi connectivity index (χ0n) is 27.0. The number of nitriles is 1. The van der Waals surface area contributed by atoms with Crippen LogP contribution in [0.25, 0.3) is 32.1 Å². The maximum absolute atomic E-state index is 17.2. The zero-order chi connectivity index (χ0) is 35.8. The Morgan fingerprint density at radius 1 is 1.20 bits per heavy atom. The number of fused-ring (bicyclic) bond motifs is 4. The van der Waals surface area contributed by atoms with Crippen molar-refractivity contribution in [1.82, 2.24) is 19.8 Å². The lowest BCUT2D eigenvalue weighted by atomic mass is 9.95.